The lowest BCUT2D eigenvalue weighted by atomic mass is 9.91. The van der Waals surface area contributed by atoms with E-state index in [4.69, 9.17) is 11.6 Å². The molecule has 2 rings (SSSR count). The van der Waals surface area contributed by atoms with E-state index in [1.807, 2.05) is 17.8 Å². The first-order chi connectivity index (χ1) is 8.58. The van der Waals surface area contributed by atoms with Crippen molar-refractivity contribution in [2.45, 2.75) is 18.9 Å². The largest absolute Gasteiger partial charge is 0.385 e. The number of aromatic nitrogens is 2. The Morgan fingerprint density at radius 2 is 2.28 bits per heavy atom. The maximum atomic E-state index is 10.3. The molecule has 4 nitrogen and oxygen atoms in total. The number of halogens is 1. The van der Waals surface area contributed by atoms with Crippen LogP contribution in [-0.4, -0.2) is 39.2 Å². The number of imidazole rings is 1. The van der Waals surface area contributed by atoms with Crippen molar-refractivity contribution in [1.29, 1.82) is 0 Å². The van der Waals surface area contributed by atoms with Gasteiger partial charge in [0.2, 0.25) is 0 Å². The van der Waals surface area contributed by atoms with Gasteiger partial charge in [0, 0.05) is 31.0 Å². The van der Waals surface area contributed by atoms with Crippen LogP contribution in [0.3, 0.4) is 0 Å². The summed E-state index contributed by atoms with van der Waals surface area (Å²) in [5.74, 6) is 1.04. The molecule has 1 saturated heterocycles. The molecule has 0 spiro atoms. The van der Waals surface area contributed by atoms with Gasteiger partial charge < -0.3 is 9.67 Å². The van der Waals surface area contributed by atoms with Gasteiger partial charge in [-0.25, -0.2) is 4.98 Å². The molecule has 2 heterocycles. The summed E-state index contributed by atoms with van der Waals surface area (Å²) in [6.45, 7) is 6.37. The van der Waals surface area contributed by atoms with Gasteiger partial charge in [0.15, 0.2) is 0 Å². The summed E-state index contributed by atoms with van der Waals surface area (Å²) in [7, 11) is 1.91. The average molecular weight is 270 g/mol. The quantitative estimate of drug-likeness (QED) is 0.908. The summed E-state index contributed by atoms with van der Waals surface area (Å²) in [6.07, 6.45) is 5.07. The monoisotopic (exact) mass is 269 g/mol. The normalized spacial score (nSPS) is 19.9. The maximum absolute atomic E-state index is 10.3. The van der Waals surface area contributed by atoms with E-state index in [9.17, 15) is 5.11 Å². The highest BCUT2D eigenvalue weighted by Gasteiger charge is 2.28. The fourth-order valence-corrected chi connectivity index (χ4v) is 2.71. The molecule has 1 atom stereocenters. The third-order valence-electron chi connectivity index (χ3n) is 3.60. The minimum atomic E-state index is -0.466. The molecule has 0 radical (unpaired) electrons. The second-order valence-electron chi connectivity index (χ2n) is 4.97. The number of aliphatic hydroxyl groups excluding tert-OH is 1. The first kappa shape index (κ1) is 13.6. The van der Waals surface area contributed by atoms with E-state index < -0.39 is 6.10 Å². The van der Waals surface area contributed by atoms with E-state index in [-0.39, 0.29) is 5.92 Å². The molecule has 18 heavy (non-hydrogen) atoms. The van der Waals surface area contributed by atoms with Crippen molar-refractivity contribution in [3.63, 3.8) is 0 Å². The van der Waals surface area contributed by atoms with E-state index in [1.54, 1.807) is 6.20 Å². The van der Waals surface area contributed by atoms with Crippen LogP contribution in [0, 0.1) is 5.92 Å². The highest BCUT2D eigenvalue weighted by Crippen LogP contribution is 2.29. The molecular weight excluding hydrogens is 250 g/mol. The lowest BCUT2D eigenvalue weighted by Gasteiger charge is -2.33. The number of hydrogen-bond acceptors (Lipinski definition) is 3. The first-order valence-corrected chi connectivity index (χ1v) is 6.66. The number of aliphatic hydroxyl groups is 1. The van der Waals surface area contributed by atoms with Crippen LogP contribution >= 0.6 is 11.6 Å². The van der Waals surface area contributed by atoms with Crippen LogP contribution < -0.4 is 0 Å². The van der Waals surface area contributed by atoms with Gasteiger partial charge in [0.05, 0.1) is 0 Å². The van der Waals surface area contributed by atoms with Crippen molar-refractivity contribution in [3.8, 4) is 0 Å². The molecule has 1 aliphatic heterocycles. The summed E-state index contributed by atoms with van der Waals surface area (Å²) in [4.78, 5) is 6.50. The number of piperidine rings is 1. The van der Waals surface area contributed by atoms with E-state index in [1.165, 1.54) is 0 Å². The Hall–Kier alpha value is -0.840. The molecular formula is C13H20ClN3O. The SMILES string of the molecule is C=C(Cl)CN1CCC(C(O)c2nccn2C)CC1. The van der Waals surface area contributed by atoms with Gasteiger partial charge in [-0.05, 0) is 31.8 Å². The Bertz CT molecular complexity index is 410. The minimum absolute atomic E-state index is 0.283. The molecule has 1 aromatic heterocycles. The Morgan fingerprint density at radius 1 is 1.61 bits per heavy atom. The van der Waals surface area contributed by atoms with Crippen LogP contribution in [0.15, 0.2) is 24.0 Å². The Kier molecular flexibility index (Phi) is 4.43. The highest BCUT2D eigenvalue weighted by atomic mass is 35.5. The van der Waals surface area contributed by atoms with Crippen LogP contribution in [-0.2, 0) is 7.05 Å². The summed E-state index contributed by atoms with van der Waals surface area (Å²) < 4.78 is 1.89. The number of aryl methyl sites for hydroxylation is 1. The third-order valence-corrected chi connectivity index (χ3v) is 3.72. The average Bonchev–Trinajstić information content (AvgIpc) is 2.75. The van der Waals surface area contributed by atoms with Crippen LogP contribution in [0.1, 0.15) is 24.8 Å². The van der Waals surface area contributed by atoms with Gasteiger partial charge in [0.1, 0.15) is 11.9 Å². The van der Waals surface area contributed by atoms with Crippen molar-refractivity contribution in [1.82, 2.24) is 14.5 Å². The zero-order chi connectivity index (χ0) is 13.1. The van der Waals surface area contributed by atoms with Crippen LogP contribution in [0.5, 0.6) is 0 Å². The van der Waals surface area contributed by atoms with Crippen LogP contribution in [0.2, 0.25) is 0 Å². The van der Waals surface area contributed by atoms with Gasteiger partial charge >= 0.3 is 0 Å². The van der Waals surface area contributed by atoms with Crippen molar-refractivity contribution < 1.29 is 5.11 Å². The van der Waals surface area contributed by atoms with Crippen molar-refractivity contribution in [2.75, 3.05) is 19.6 Å². The minimum Gasteiger partial charge on any atom is -0.385 e. The van der Waals surface area contributed by atoms with Crippen molar-refractivity contribution in [3.05, 3.63) is 29.8 Å². The van der Waals surface area contributed by atoms with E-state index in [0.717, 1.165) is 38.3 Å². The lowest BCUT2D eigenvalue weighted by molar-refractivity contribution is 0.0538. The second kappa shape index (κ2) is 5.87. The predicted molar refractivity (Wildman–Crippen MR) is 72.3 cm³/mol. The fraction of sp³-hybridized carbons (Fsp3) is 0.615. The molecule has 1 N–H and O–H groups in total. The van der Waals surface area contributed by atoms with Gasteiger partial charge in [0.25, 0.3) is 0 Å². The predicted octanol–water partition coefficient (Wildman–Crippen LogP) is 1.92. The summed E-state index contributed by atoms with van der Waals surface area (Å²) in [5, 5.41) is 11.0. The number of likely N-dealkylation sites (tertiary alicyclic amines) is 1. The molecule has 1 aromatic rings. The Balaban J connectivity index is 1.90. The van der Waals surface area contributed by atoms with Crippen LogP contribution in [0.4, 0.5) is 0 Å². The van der Waals surface area contributed by atoms with Gasteiger partial charge in [-0.3, -0.25) is 4.90 Å². The molecule has 5 heteroatoms. The summed E-state index contributed by atoms with van der Waals surface area (Å²) in [6, 6.07) is 0. The van der Waals surface area contributed by atoms with Gasteiger partial charge in [-0.1, -0.05) is 18.2 Å². The van der Waals surface area contributed by atoms with Gasteiger partial charge in [-0.15, -0.1) is 0 Å². The number of nitrogens with zero attached hydrogens (tertiary/aromatic N) is 3. The molecule has 0 amide bonds. The third kappa shape index (κ3) is 3.13. The zero-order valence-electron chi connectivity index (χ0n) is 10.7. The Labute approximate surface area is 113 Å². The van der Waals surface area contributed by atoms with Crippen LogP contribution in [0.25, 0.3) is 0 Å². The molecule has 0 bridgehead atoms. The standard InChI is InChI=1S/C13H20ClN3O/c1-10(14)9-17-6-3-11(4-7-17)12(18)13-15-5-8-16(13)2/h5,8,11-12,18H,1,3-4,6-7,9H2,2H3. The summed E-state index contributed by atoms with van der Waals surface area (Å²) >= 11 is 5.81. The van der Waals surface area contributed by atoms with E-state index in [2.05, 4.69) is 16.5 Å². The lowest BCUT2D eigenvalue weighted by Crippen LogP contribution is -2.36. The number of rotatable bonds is 4. The van der Waals surface area contributed by atoms with E-state index in [0.29, 0.717) is 5.03 Å². The smallest absolute Gasteiger partial charge is 0.137 e. The molecule has 0 aliphatic carbocycles. The first-order valence-electron chi connectivity index (χ1n) is 6.29. The molecule has 1 aliphatic rings. The molecule has 100 valence electrons. The number of hydrogen-bond donors (Lipinski definition) is 1. The molecule has 1 unspecified atom stereocenters. The highest BCUT2D eigenvalue weighted by molar-refractivity contribution is 6.29. The maximum Gasteiger partial charge on any atom is 0.137 e. The Morgan fingerprint density at radius 3 is 2.78 bits per heavy atom. The molecule has 0 aromatic carbocycles. The van der Waals surface area contributed by atoms with Crippen molar-refractivity contribution >= 4 is 11.6 Å². The van der Waals surface area contributed by atoms with E-state index >= 15 is 0 Å². The van der Waals surface area contributed by atoms with Gasteiger partial charge in [-0.2, -0.15) is 0 Å². The summed E-state index contributed by atoms with van der Waals surface area (Å²) in [5.41, 5.74) is 0. The molecule has 1 fully saturated rings. The van der Waals surface area contributed by atoms with Crippen molar-refractivity contribution in [2.24, 2.45) is 13.0 Å². The second-order valence-corrected chi connectivity index (χ2v) is 5.51. The fourth-order valence-electron chi connectivity index (χ4n) is 2.54. The topological polar surface area (TPSA) is 41.3 Å². The zero-order valence-corrected chi connectivity index (χ0v) is 11.5. The molecule has 0 saturated carbocycles.